The molecule has 0 aliphatic rings. The molecule has 96 valence electrons. The highest BCUT2D eigenvalue weighted by atomic mass is 16.5. The minimum absolute atomic E-state index is 0.861. The lowest BCUT2D eigenvalue weighted by Gasteiger charge is -2.08. The molecule has 0 aromatic carbocycles. The van der Waals surface area contributed by atoms with Crippen molar-refractivity contribution >= 4 is 11.5 Å². The minimum Gasteiger partial charge on any atom is -0.385 e. The van der Waals surface area contributed by atoms with Crippen molar-refractivity contribution in [2.24, 2.45) is 0 Å². The Bertz CT molecular complexity index is 304. The summed E-state index contributed by atoms with van der Waals surface area (Å²) in [6.07, 6.45) is 5.33. The second-order valence-electron chi connectivity index (χ2n) is 3.94. The van der Waals surface area contributed by atoms with Crippen molar-refractivity contribution in [3.8, 4) is 0 Å². The predicted molar refractivity (Wildman–Crippen MR) is 72.6 cm³/mol. The number of pyridine rings is 1. The molecule has 0 aliphatic heterocycles. The van der Waals surface area contributed by atoms with Crippen LogP contribution in [0.4, 0.5) is 11.5 Å². The molecule has 17 heavy (non-hydrogen) atoms. The van der Waals surface area contributed by atoms with Crippen LogP contribution in [0.25, 0.3) is 0 Å². The number of nitrogens with one attached hydrogen (secondary N) is 2. The van der Waals surface area contributed by atoms with Gasteiger partial charge >= 0.3 is 0 Å². The van der Waals surface area contributed by atoms with Gasteiger partial charge in [-0.2, -0.15) is 0 Å². The molecule has 0 atom stereocenters. The normalized spacial score (nSPS) is 10.2. The van der Waals surface area contributed by atoms with E-state index in [1.165, 1.54) is 12.8 Å². The summed E-state index contributed by atoms with van der Waals surface area (Å²) in [5.74, 6) is 0.928. The Labute approximate surface area is 104 Å². The number of methoxy groups -OCH3 is 1. The molecular weight excluding hydrogens is 214 g/mol. The molecule has 0 fully saturated rings. The first kappa shape index (κ1) is 13.8. The van der Waals surface area contributed by atoms with E-state index in [-0.39, 0.29) is 0 Å². The van der Waals surface area contributed by atoms with E-state index >= 15 is 0 Å². The first-order valence-corrected chi connectivity index (χ1v) is 6.29. The average Bonchev–Trinajstić information content (AvgIpc) is 2.35. The van der Waals surface area contributed by atoms with Gasteiger partial charge in [0.2, 0.25) is 0 Å². The summed E-state index contributed by atoms with van der Waals surface area (Å²) in [6, 6.07) is 4.04. The second kappa shape index (κ2) is 8.82. The summed E-state index contributed by atoms with van der Waals surface area (Å²) in [7, 11) is 1.75. The Kier molecular flexibility index (Phi) is 7.14. The lowest BCUT2D eigenvalue weighted by molar-refractivity contribution is 0.192. The predicted octanol–water partition coefficient (Wildman–Crippen LogP) is 2.74. The van der Waals surface area contributed by atoms with Gasteiger partial charge in [-0.05, 0) is 32.3 Å². The fourth-order valence-corrected chi connectivity index (χ4v) is 1.60. The second-order valence-corrected chi connectivity index (χ2v) is 3.94. The number of nitrogens with zero attached hydrogens (tertiary/aromatic N) is 1. The number of rotatable bonds is 9. The lowest BCUT2D eigenvalue weighted by atomic mass is 10.2. The van der Waals surface area contributed by atoms with Gasteiger partial charge in [-0.3, -0.25) is 0 Å². The lowest BCUT2D eigenvalue weighted by Crippen LogP contribution is -2.04. The fraction of sp³-hybridized carbons (Fsp3) is 0.615. The molecule has 0 spiro atoms. The summed E-state index contributed by atoms with van der Waals surface area (Å²) >= 11 is 0. The molecule has 1 rings (SSSR count). The number of anilines is 2. The maximum atomic E-state index is 5.01. The van der Waals surface area contributed by atoms with Gasteiger partial charge in [-0.1, -0.05) is 0 Å². The number of unbranched alkanes of at least 4 members (excludes halogenated alkanes) is 2. The van der Waals surface area contributed by atoms with Gasteiger partial charge in [0, 0.05) is 44.8 Å². The SMILES string of the molecule is CCNc1cc(NCCCCCOC)ccn1. The maximum Gasteiger partial charge on any atom is 0.127 e. The molecule has 1 heterocycles. The molecular formula is C13H23N3O. The minimum atomic E-state index is 0.861. The van der Waals surface area contributed by atoms with Crippen molar-refractivity contribution in [3.63, 3.8) is 0 Å². The van der Waals surface area contributed by atoms with E-state index in [0.717, 1.165) is 37.6 Å². The van der Waals surface area contributed by atoms with Crippen LogP contribution in [0.15, 0.2) is 18.3 Å². The Balaban J connectivity index is 2.19. The number of hydrogen-bond acceptors (Lipinski definition) is 4. The maximum absolute atomic E-state index is 5.01. The standard InChI is InChI=1S/C13H23N3O/c1-3-14-13-11-12(7-9-16-13)15-8-5-4-6-10-17-2/h7,9,11H,3-6,8,10H2,1-2H3,(H2,14,15,16). The van der Waals surface area contributed by atoms with E-state index in [0.29, 0.717) is 0 Å². The highest BCUT2D eigenvalue weighted by Crippen LogP contribution is 2.11. The van der Waals surface area contributed by atoms with Crippen LogP contribution in [0.3, 0.4) is 0 Å². The molecule has 0 unspecified atom stereocenters. The molecule has 0 saturated heterocycles. The molecule has 0 bridgehead atoms. The molecule has 4 nitrogen and oxygen atoms in total. The van der Waals surface area contributed by atoms with Crippen LogP contribution >= 0.6 is 0 Å². The molecule has 0 radical (unpaired) electrons. The summed E-state index contributed by atoms with van der Waals surface area (Å²) in [5, 5.41) is 6.60. The Morgan fingerprint density at radius 2 is 2.12 bits per heavy atom. The Morgan fingerprint density at radius 3 is 2.88 bits per heavy atom. The summed E-state index contributed by atoms with van der Waals surface area (Å²) in [4.78, 5) is 4.23. The van der Waals surface area contributed by atoms with Crippen LogP contribution in [-0.2, 0) is 4.74 Å². The van der Waals surface area contributed by atoms with Crippen LogP contribution in [0.2, 0.25) is 0 Å². The zero-order valence-electron chi connectivity index (χ0n) is 10.8. The smallest absolute Gasteiger partial charge is 0.127 e. The summed E-state index contributed by atoms with van der Waals surface area (Å²) in [6.45, 7) is 4.82. The molecule has 0 saturated carbocycles. The van der Waals surface area contributed by atoms with E-state index < -0.39 is 0 Å². The van der Waals surface area contributed by atoms with Gasteiger partial charge in [0.05, 0.1) is 0 Å². The van der Waals surface area contributed by atoms with Gasteiger partial charge in [0.25, 0.3) is 0 Å². The van der Waals surface area contributed by atoms with Crippen molar-refractivity contribution in [2.45, 2.75) is 26.2 Å². The fourth-order valence-electron chi connectivity index (χ4n) is 1.60. The number of hydrogen-bond donors (Lipinski definition) is 2. The Morgan fingerprint density at radius 1 is 1.24 bits per heavy atom. The van der Waals surface area contributed by atoms with Gasteiger partial charge in [0.15, 0.2) is 0 Å². The highest BCUT2D eigenvalue weighted by molar-refractivity contribution is 5.51. The van der Waals surface area contributed by atoms with Crippen LogP contribution in [0, 0.1) is 0 Å². The van der Waals surface area contributed by atoms with Crippen molar-refractivity contribution in [1.82, 2.24) is 4.98 Å². The Hall–Kier alpha value is -1.29. The van der Waals surface area contributed by atoms with Crippen molar-refractivity contribution in [1.29, 1.82) is 0 Å². The van der Waals surface area contributed by atoms with E-state index in [2.05, 4.69) is 22.5 Å². The van der Waals surface area contributed by atoms with Crippen LogP contribution in [0.5, 0.6) is 0 Å². The highest BCUT2D eigenvalue weighted by Gasteiger charge is 1.95. The third-order valence-corrected chi connectivity index (χ3v) is 2.47. The number of aromatic nitrogens is 1. The molecule has 1 aromatic rings. The van der Waals surface area contributed by atoms with E-state index in [4.69, 9.17) is 4.74 Å². The van der Waals surface area contributed by atoms with E-state index in [1.54, 1.807) is 7.11 Å². The van der Waals surface area contributed by atoms with Crippen molar-refractivity contribution < 1.29 is 4.74 Å². The quantitative estimate of drug-likeness (QED) is 0.648. The monoisotopic (exact) mass is 237 g/mol. The summed E-state index contributed by atoms with van der Waals surface area (Å²) < 4.78 is 5.01. The summed E-state index contributed by atoms with van der Waals surface area (Å²) in [5.41, 5.74) is 1.13. The van der Waals surface area contributed by atoms with E-state index in [9.17, 15) is 0 Å². The third-order valence-electron chi connectivity index (χ3n) is 2.47. The molecule has 1 aromatic heterocycles. The zero-order chi connectivity index (χ0) is 12.3. The zero-order valence-corrected chi connectivity index (χ0v) is 10.8. The first-order valence-electron chi connectivity index (χ1n) is 6.29. The molecule has 2 N–H and O–H groups in total. The topological polar surface area (TPSA) is 46.2 Å². The van der Waals surface area contributed by atoms with Crippen LogP contribution in [-0.4, -0.2) is 31.8 Å². The molecule has 4 heteroatoms. The molecule has 0 aliphatic carbocycles. The van der Waals surface area contributed by atoms with Crippen molar-refractivity contribution in [2.75, 3.05) is 37.4 Å². The van der Waals surface area contributed by atoms with Gasteiger partial charge in [0.1, 0.15) is 5.82 Å². The van der Waals surface area contributed by atoms with Crippen LogP contribution < -0.4 is 10.6 Å². The first-order chi connectivity index (χ1) is 8.36. The van der Waals surface area contributed by atoms with Gasteiger partial charge in [-0.15, -0.1) is 0 Å². The van der Waals surface area contributed by atoms with Crippen LogP contribution in [0.1, 0.15) is 26.2 Å². The number of ether oxygens (including phenoxy) is 1. The van der Waals surface area contributed by atoms with Crippen molar-refractivity contribution in [3.05, 3.63) is 18.3 Å². The molecule has 0 amide bonds. The van der Waals surface area contributed by atoms with Gasteiger partial charge in [-0.25, -0.2) is 4.98 Å². The largest absolute Gasteiger partial charge is 0.385 e. The van der Waals surface area contributed by atoms with Gasteiger partial charge < -0.3 is 15.4 Å². The average molecular weight is 237 g/mol. The van der Waals surface area contributed by atoms with E-state index in [1.807, 2.05) is 18.3 Å². The third kappa shape index (κ3) is 6.12.